The minimum absolute atomic E-state index is 0.0949. The third-order valence-corrected chi connectivity index (χ3v) is 3.56. The zero-order chi connectivity index (χ0) is 14.5. The lowest BCUT2D eigenvalue weighted by Crippen LogP contribution is -2.35. The molecule has 1 aromatic rings. The zero-order valence-corrected chi connectivity index (χ0v) is 11.8. The molecule has 1 heterocycles. The van der Waals surface area contributed by atoms with E-state index in [1.807, 2.05) is 0 Å². The topological polar surface area (TPSA) is 64.3 Å². The third kappa shape index (κ3) is 3.74. The Kier molecular flexibility index (Phi) is 5.03. The summed E-state index contributed by atoms with van der Waals surface area (Å²) in [6.07, 6.45) is 1.70. The number of halogens is 1. The van der Waals surface area contributed by atoms with Gasteiger partial charge in [0, 0.05) is 24.3 Å². The highest BCUT2D eigenvalue weighted by molar-refractivity contribution is 7.80. The smallest absolute Gasteiger partial charge is 0.225 e. The summed E-state index contributed by atoms with van der Waals surface area (Å²) in [4.78, 5) is 12.1. The first-order valence-corrected chi connectivity index (χ1v) is 6.92. The molecule has 108 valence electrons. The van der Waals surface area contributed by atoms with Crippen molar-refractivity contribution in [2.75, 3.05) is 13.2 Å². The monoisotopic (exact) mass is 296 g/mol. The van der Waals surface area contributed by atoms with Crippen LogP contribution in [-0.4, -0.2) is 24.1 Å². The van der Waals surface area contributed by atoms with E-state index in [0.29, 0.717) is 24.3 Å². The molecule has 1 saturated heterocycles. The minimum Gasteiger partial charge on any atom is -0.389 e. The first kappa shape index (κ1) is 14.9. The lowest BCUT2D eigenvalue weighted by Gasteiger charge is -2.21. The summed E-state index contributed by atoms with van der Waals surface area (Å²) >= 11 is 4.78. The quantitative estimate of drug-likeness (QED) is 0.827. The second kappa shape index (κ2) is 6.76. The number of carbonyl (C=O) groups is 1. The molecular weight excluding hydrogens is 279 g/mol. The molecule has 4 nitrogen and oxygen atoms in total. The maximum absolute atomic E-state index is 13.8. The van der Waals surface area contributed by atoms with Gasteiger partial charge in [0.2, 0.25) is 5.91 Å². The molecule has 1 aromatic carbocycles. The number of hydrogen-bond donors (Lipinski definition) is 2. The number of carbonyl (C=O) groups excluding carboxylic acids is 1. The molecule has 0 aliphatic carbocycles. The maximum atomic E-state index is 13.8. The van der Waals surface area contributed by atoms with Gasteiger partial charge in [-0.15, -0.1) is 0 Å². The molecule has 1 aliphatic rings. The molecule has 1 unspecified atom stereocenters. The van der Waals surface area contributed by atoms with Gasteiger partial charge in [-0.2, -0.15) is 0 Å². The van der Waals surface area contributed by atoms with Gasteiger partial charge in [0.1, 0.15) is 10.8 Å². The Morgan fingerprint density at radius 1 is 1.55 bits per heavy atom. The Morgan fingerprint density at radius 3 is 2.95 bits per heavy atom. The highest BCUT2D eigenvalue weighted by Gasteiger charge is 2.21. The number of amides is 1. The van der Waals surface area contributed by atoms with Crippen LogP contribution in [0.15, 0.2) is 18.2 Å². The van der Waals surface area contributed by atoms with E-state index in [-0.39, 0.29) is 23.4 Å². The molecule has 0 radical (unpaired) electrons. The van der Waals surface area contributed by atoms with Crippen LogP contribution in [0.1, 0.15) is 24.0 Å². The Labute approximate surface area is 122 Å². The number of nitrogens with two attached hydrogens (primary N) is 1. The molecular formula is C14H17FN2O2S. The molecule has 2 rings (SSSR count). The summed E-state index contributed by atoms with van der Waals surface area (Å²) in [5, 5.41) is 2.74. The van der Waals surface area contributed by atoms with Gasteiger partial charge >= 0.3 is 0 Å². The molecule has 1 amide bonds. The van der Waals surface area contributed by atoms with Crippen molar-refractivity contribution in [3.05, 3.63) is 35.1 Å². The largest absolute Gasteiger partial charge is 0.389 e. The second-order valence-electron chi connectivity index (χ2n) is 4.80. The third-order valence-electron chi connectivity index (χ3n) is 3.32. The second-order valence-corrected chi connectivity index (χ2v) is 5.24. The Morgan fingerprint density at radius 2 is 2.35 bits per heavy atom. The molecule has 0 saturated carbocycles. The Bertz CT molecular complexity index is 516. The zero-order valence-electron chi connectivity index (χ0n) is 11.0. The van der Waals surface area contributed by atoms with Gasteiger partial charge in [0.05, 0.1) is 12.5 Å². The van der Waals surface area contributed by atoms with Crippen LogP contribution in [0.3, 0.4) is 0 Å². The summed E-state index contributed by atoms with van der Waals surface area (Å²) in [7, 11) is 0. The van der Waals surface area contributed by atoms with E-state index in [4.69, 9.17) is 22.7 Å². The summed E-state index contributed by atoms with van der Waals surface area (Å²) < 4.78 is 19.1. The van der Waals surface area contributed by atoms with Crippen LogP contribution in [0.4, 0.5) is 4.39 Å². The Balaban J connectivity index is 1.93. The van der Waals surface area contributed by atoms with Gasteiger partial charge in [-0.25, -0.2) is 4.39 Å². The van der Waals surface area contributed by atoms with Gasteiger partial charge in [-0.1, -0.05) is 24.4 Å². The summed E-state index contributed by atoms with van der Waals surface area (Å²) in [6, 6.07) is 4.52. The number of nitrogens with one attached hydrogen (secondary N) is 1. The molecule has 1 atom stereocenters. The molecule has 0 spiro atoms. The van der Waals surface area contributed by atoms with Crippen LogP contribution in [0, 0.1) is 11.7 Å². The number of ether oxygens (including phenoxy) is 1. The van der Waals surface area contributed by atoms with Crippen molar-refractivity contribution in [3.63, 3.8) is 0 Å². The summed E-state index contributed by atoms with van der Waals surface area (Å²) in [5.74, 6) is -0.652. The minimum atomic E-state index is -0.421. The van der Waals surface area contributed by atoms with Gasteiger partial charge in [0.15, 0.2) is 0 Å². The number of benzene rings is 1. The molecule has 20 heavy (non-hydrogen) atoms. The molecule has 6 heteroatoms. The van der Waals surface area contributed by atoms with Crippen LogP contribution in [0.2, 0.25) is 0 Å². The fourth-order valence-electron chi connectivity index (χ4n) is 2.12. The SMILES string of the molecule is NC(=S)c1ccc(CNC(=O)C2CCCOC2)c(F)c1. The van der Waals surface area contributed by atoms with Crippen molar-refractivity contribution in [1.82, 2.24) is 5.32 Å². The van der Waals surface area contributed by atoms with E-state index >= 15 is 0 Å². The van der Waals surface area contributed by atoms with Crippen molar-refractivity contribution in [1.29, 1.82) is 0 Å². The van der Waals surface area contributed by atoms with Crippen molar-refractivity contribution in [2.45, 2.75) is 19.4 Å². The van der Waals surface area contributed by atoms with E-state index in [1.165, 1.54) is 6.07 Å². The first-order valence-electron chi connectivity index (χ1n) is 6.51. The average Bonchev–Trinajstić information content (AvgIpc) is 2.46. The highest BCUT2D eigenvalue weighted by atomic mass is 32.1. The lowest BCUT2D eigenvalue weighted by molar-refractivity contribution is -0.129. The molecule has 1 fully saturated rings. The highest BCUT2D eigenvalue weighted by Crippen LogP contribution is 2.15. The van der Waals surface area contributed by atoms with Crippen LogP contribution >= 0.6 is 12.2 Å². The van der Waals surface area contributed by atoms with Crippen LogP contribution in [0.25, 0.3) is 0 Å². The van der Waals surface area contributed by atoms with Crippen LogP contribution in [-0.2, 0) is 16.1 Å². The molecule has 1 aliphatic heterocycles. The van der Waals surface area contributed by atoms with Gasteiger partial charge < -0.3 is 15.8 Å². The van der Waals surface area contributed by atoms with Gasteiger partial charge in [0.25, 0.3) is 0 Å². The van der Waals surface area contributed by atoms with Crippen molar-refractivity contribution in [3.8, 4) is 0 Å². The molecule has 3 N–H and O–H groups in total. The van der Waals surface area contributed by atoms with Crippen LogP contribution < -0.4 is 11.1 Å². The number of rotatable bonds is 4. The predicted molar refractivity (Wildman–Crippen MR) is 77.7 cm³/mol. The first-order chi connectivity index (χ1) is 9.58. The Hall–Kier alpha value is -1.53. The van der Waals surface area contributed by atoms with Gasteiger partial charge in [-0.05, 0) is 18.9 Å². The maximum Gasteiger partial charge on any atom is 0.225 e. The van der Waals surface area contributed by atoms with E-state index in [2.05, 4.69) is 5.32 Å². The fraction of sp³-hybridized carbons (Fsp3) is 0.429. The fourth-order valence-corrected chi connectivity index (χ4v) is 2.25. The number of thiocarbonyl (C=S) groups is 1. The van der Waals surface area contributed by atoms with E-state index < -0.39 is 5.82 Å². The summed E-state index contributed by atoms with van der Waals surface area (Å²) in [5.41, 5.74) is 6.33. The van der Waals surface area contributed by atoms with Crippen molar-refractivity contribution >= 4 is 23.1 Å². The van der Waals surface area contributed by atoms with Crippen LogP contribution in [0.5, 0.6) is 0 Å². The van der Waals surface area contributed by atoms with E-state index in [1.54, 1.807) is 12.1 Å². The molecule has 0 aromatic heterocycles. The molecule has 0 bridgehead atoms. The number of hydrogen-bond acceptors (Lipinski definition) is 3. The van der Waals surface area contributed by atoms with Crippen molar-refractivity contribution in [2.24, 2.45) is 11.7 Å². The normalized spacial score (nSPS) is 18.6. The summed E-state index contributed by atoms with van der Waals surface area (Å²) in [6.45, 7) is 1.30. The van der Waals surface area contributed by atoms with E-state index in [0.717, 1.165) is 12.8 Å². The van der Waals surface area contributed by atoms with Crippen molar-refractivity contribution < 1.29 is 13.9 Å². The van der Waals surface area contributed by atoms with E-state index in [9.17, 15) is 9.18 Å². The predicted octanol–water partition coefficient (Wildman–Crippen LogP) is 1.50. The van der Waals surface area contributed by atoms with Gasteiger partial charge in [-0.3, -0.25) is 4.79 Å². The standard InChI is InChI=1S/C14H17FN2O2S/c15-12-6-9(13(16)20)3-4-10(12)7-17-14(18)11-2-1-5-19-8-11/h3-4,6,11H,1-2,5,7-8H2,(H2,16,20)(H,17,18). The average molecular weight is 296 g/mol. The lowest BCUT2D eigenvalue weighted by atomic mass is 10.0.